The third kappa shape index (κ3) is 4.20. The van der Waals surface area contributed by atoms with Crippen molar-refractivity contribution in [2.24, 2.45) is 0 Å². The van der Waals surface area contributed by atoms with Gasteiger partial charge in [0.2, 0.25) is 5.91 Å². The number of anilines is 1. The van der Waals surface area contributed by atoms with Crippen LogP contribution in [0.4, 0.5) is 5.69 Å². The van der Waals surface area contributed by atoms with Crippen molar-refractivity contribution in [1.82, 2.24) is 5.32 Å². The molecule has 0 unspecified atom stereocenters. The van der Waals surface area contributed by atoms with Gasteiger partial charge in [-0.1, -0.05) is 29.8 Å². The highest BCUT2D eigenvalue weighted by Crippen LogP contribution is 2.25. The van der Waals surface area contributed by atoms with Gasteiger partial charge in [-0.2, -0.15) is 0 Å². The number of sulfonamides is 1. The van der Waals surface area contributed by atoms with Crippen LogP contribution in [0.25, 0.3) is 0 Å². The zero-order chi connectivity index (χ0) is 18.0. The lowest BCUT2D eigenvalue weighted by Gasteiger charge is -2.24. The SMILES string of the molecule is Cc1ccc(S(=O)(=O)N(CC(=O)NC2CC2)c2cccc(C)c2)cc1. The van der Waals surface area contributed by atoms with Gasteiger partial charge in [0.15, 0.2) is 0 Å². The van der Waals surface area contributed by atoms with Crippen LogP contribution < -0.4 is 9.62 Å². The molecule has 0 heterocycles. The molecular formula is C19H22N2O3S. The molecule has 2 aromatic carbocycles. The zero-order valence-electron chi connectivity index (χ0n) is 14.4. The van der Waals surface area contributed by atoms with Crippen LogP contribution in [-0.4, -0.2) is 26.9 Å². The second kappa shape index (κ2) is 6.88. The van der Waals surface area contributed by atoms with Gasteiger partial charge >= 0.3 is 0 Å². The number of hydrogen-bond acceptors (Lipinski definition) is 3. The fourth-order valence-corrected chi connectivity index (χ4v) is 3.98. The quantitative estimate of drug-likeness (QED) is 0.863. The second-order valence-corrected chi connectivity index (χ2v) is 8.37. The third-order valence-electron chi connectivity index (χ3n) is 4.13. The summed E-state index contributed by atoms with van der Waals surface area (Å²) in [6, 6.07) is 14.0. The molecule has 0 radical (unpaired) electrons. The highest BCUT2D eigenvalue weighted by Gasteiger charge is 2.29. The lowest BCUT2D eigenvalue weighted by molar-refractivity contribution is -0.119. The first kappa shape index (κ1) is 17.5. The summed E-state index contributed by atoms with van der Waals surface area (Å²) in [6.45, 7) is 3.57. The molecule has 1 fully saturated rings. The summed E-state index contributed by atoms with van der Waals surface area (Å²) in [6.07, 6.45) is 1.92. The van der Waals surface area contributed by atoms with Gasteiger partial charge in [-0.25, -0.2) is 8.42 Å². The Hall–Kier alpha value is -2.34. The number of hydrogen-bond donors (Lipinski definition) is 1. The third-order valence-corrected chi connectivity index (χ3v) is 5.92. The number of nitrogens with zero attached hydrogens (tertiary/aromatic N) is 1. The summed E-state index contributed by atoms with van der Waals surface area (Å²) in [5.41, 5.74) is 2.41. The van der Waals surface area contributed by atoms with E-state index in [-0.39, 0.29) is 23.4 Å². The molecule has 3 rings (SSSR count). The van der Waals surface area contributed by atoms with Crippen molar-refractivity contribution in [2.45, 2.75) is 37.6 Å². The van der Waals surface area contributed by atoms with Gasteiger partial charge < -0.3 is 5.32 Å². The molecule has 1 saturated carbocycles. The molecule has 1 aliphatic carbocycles. The number of carbonyl (C=O) groups is 1. The number of rotatable bonds is 6. The van der Waals surface area contributed by atoms with Crippen LogP contribution >= 0.6 is 0 Å². The Labute approximate surface area is 148 Å². The summed E-state index contributed by atoms with van der Waals surface area (Å²) in [5.74, 6) is -0.278. The predicted molar refractivity (Wildman–Crippen MR) is 98.1 cm³/mol. The molecule has 0 atom stereocenters. The topological polar surface area (TPSA) is 66.5 Å². The van der Waals surface area contributed by atoms with E-state index in [1.54, 1.807) is 42.5 Å². The van der Waals surface area contributed by atoms with Gasteiger partial charge in [0.1, 0.15) is 6.54 Å². The minimum absolute atomic E-state index is 0.179. The molecule has 5 nitrogen and oxygen atoms in total. The van der Waals surface area contributed by atoms with Crippen LogP contribution in [0, 0.1) is 13.8 Å². The monoisotopic (exact) mass is 358 g/mol. The number of carbonyl (C=O) groups excluding carboxylic acids is 1. The van der Waals surface area contributed by atoms with Gasteiger partial charge in [0.05, 0.1) is 10.6 Å². The summed E-state index contributed by atoms with van der Waals surface area (Å²) in [4.78, 5) is 12.5. The van der Waals surface area contributed by atoms with E-state index in [1.807, 2.05) is 19.9 Å². The maximum Gasteiger partial charge on any atom is 0.264 e. The van der Waals surface area contributed by atoms with E-state index in [9.17, 15) is 13.2 Å². The zero-order valence-corrected chi connectivity index (χ0v) is 15.2. The van der Waals surface area contributed by atoms with E-state index >= 15 is 0 Å². The second-order valence-electron chi connectivity index (χ2n) is 6.51. The first-order chi connectivity index (χ1) is 11.9. The van der Waals surface area contributed by atoms with Crippen molar-refractivity contribution in [3.63, 3.8) is 0 Å². The van der Waals surface area contributed by atoms with E-state index in [2.05, 4.69) is 5.32 Å². The Balaban J connectivity index is 1.96. The van der Waals surface area contributed by atoms with Crippen LogP contribution in [0.5, 0.6) is 0 Å². The maximum atomic E-state index is 13.1. The molecular weight excluding hydrogens is 336 g/mol. The number of nitrogens with one attached hydrogen (secondary N) is 1. The van der Waals surface area contributed by atoms with Gasteiger partial charge in [-0.3, -0.25) is 9.10 Å². The normalized spacial score (nSPS) is 14.2. The average molecular weight is 358 g/mol. The first-order valence-electron chi connectivity index (χ1n) is 8.32. The van der Waals surface area contributed by atoms with Gasteiger partial charge in [0, 0.05) is 6.04 Å². The van der Waals surface area contributed by atoms with Gasteiger partial charge in [-0.05, 0) is 56.5 Å². The van der Waals surface area contributed by atoms with Crippen molar-refractivity contribution in [3.8, 4) is 0 Å². The van der Waals surface area contributed by atoms with E-state index in [0.29, 0.717) is 5.69 Å². The minimum Gasteiger partial charge on any atom is -0.352 e. The van der Waals surface area contributed by atoms with E-state index < -0.39 is 10.0 Å². The predicted octanol–water partition coefficient (Wildman–Crippen LogP) is 2.78. The Bertz CT molecular complexity index is 872. The van der Waals surface area contributed by atoms with Crippen LogP contribution in [0.3, 0.4) is 0 Å². The maximum absolute atomic E-state index is 13.1. The summed E-state index contributed by atoms with van der Waals surface area (Å²) < 4.78 is 27.5. The standard InChI is InChI=1S/C19H22N2O3S/c1-14-6-10-18(11-7-14)25(23,24)21(13-19(22)20-16-8-9-16)17-5-3-4-15(2)12-17/h3-7,10-12,16H,8-9,13H2,1-2H3,(H,20,22). The van der Waals surface area contributed by atoms with Crippen LogP contribution in [0.1, 0.15) is 24.0 Å². The Morgan fingerprint density at radius 3 is 2.36 bits per heavy atom. The molecule has 1 N–H and O–H groups in total. The number of benzene rings is 2. The molecule has 132 valence electrons. The molecule has 0 aromatic heterocycles. The summed E-state index contributed by atoms with van der Waals surface area (Å²) in [5, 5.41) is 2.86. The van der Waals surface area contributed by atoms with Crippen molar-refractivity contribution in [3.05, 3.63) is 59.7 Å². The fourth-order valence-electron chi connectivity index (χ4n) is 2.57. The molecule has 1 aliphatic rings. The Morgan fingerprint density at radius 2 is 1.76 bits per heavy atom. The average Bonchev–Trinajstić information content (AvgIpc) is 3.37. The van der Waals surface area contributed by atoms with Gasteiger partial charge in [0.25, 0.3) is 10.0 Å². The molecule has 0 aliphatic heterocycles. The van der Waals surface area contributed by atoms with Crippen molar-refractivity contribution in [1.29, 1.82) is 0 Å². The number of amides is 1. The smallest absolute Gasteiger partial charge is 0.264 e. The first-order valence-corrected chi connectivity index (χ1v) is 9.76. The highest BCUT2D eigenvalue weighted by molar-refractivity contribution is 7.92. The van der Waals surface area contributed by atoms with Gasteiger partial charge in [-0.15, -0.1) is 0 Å². The molecule has 0 bridgehead atoms. The lowest BCUT2D eigenvalue weighted by atomic mass is 10.2. The molecule has 0 spiro atoms. The summed E-state index contributed by atoms with van der Waals surface area (Å²) >= 11 is 0. The summed E-state index contributed by atoms with van der Waals surface area (Å²) in [7, 11) is -3.83. The molecule has 6 heteroatoms. The highest BCUT2D eigenvalue weighted by atomic mass is 32.2. The van der Waals surface area contributed by atoms with Crippen LogP contribution in [-0.2, 0) is 14.8 Å². The van der Waals surface area contributed by atoms with Crippen molar-refractivity contribution < 1.29 is 13.2 Å². The molecule has 0 saturated heterocycles. The van der Waals surface area contributed by atoms with Crippen molar-refractivity contribution in [2.75, 3.05) is 10.8 Å². The largest absolute Gasteiger partial charge is 0.352 e. The Morgan fingerprint density at radius 1 is 1.08 bits per heavy atom. The lowest BCUT2D eigenvalue weighted by Crippen LogP contribution is -2.41. The molecule has 1 amide bonds. The van der Waals surface area contributed by atoms with Crippen molar-refractivity contribution >= 4 is 21.6 Å². The minimum atomic E-state index is -3.83. The van der Waals surface area contributed by atoms with E-state index in [0.717, 1.165) is 24.0 Å². The van der Waals surface area contributed by atoms with E-state index in [1.165, 1.54) is 4.31 Å². The Kier molecular flexibility index (Phi) is 4.81. The van der Waals surface area contributed by atoms with Crippen LogP contribution in [0.2, 0.25) is 0 Å². The van der Waals surface area contributed by atoms with Crippen LogP contribution in [0.15, 0.2) is 53.4 Å². The number of aryl methyl sites for hydroxylation is 2. The fraction of sp³-hybridized carbons (Fsp3) is 0.316. The molecule has 25 heavy (non-hydrogen) atoms. The van der Waals surface area contributed by atoms with E-state index in [4.69, 9.17) is 0 Å². The molecule has 2 aromatic rings.